The summed E-state index contributed by atoms with van der Waals surface area (Å²) in [6, 6.07) is 3.04. The number of fused-ring (bicyclic) bond motifs is 1. The second-order valence-electron chi connectivity index (χ2n) is 8.72. The van der Waals surface area contributed by atoms with E-state index in [-0.39, 0.29) is 52.3 Å². The number of nitrogens with one attached hydrogen (secondary N) is 2. The fourth-order valence-electron chi connectivity index (χ4n) is 3.81. The summed E-state index contributed by atoms with van der Waals surface area (Å²) in [7, 11) is 1.65. The average Bonchev–Trinajstić information content (AvgIpc) is 3.36. The zero-order valence-electron chi connectivity index (χ0n) is 21.2. The number of aromatic nitrogens is 4. The number of amides is 3. The van der Waals surface area contributed by atoms with Gasteiger partial charge in [0.1, 0.15) is 29.8 Å². The van der Waals surface area contributed by atoms with E-state index in [0.29, 0.717) is 16.5 Å². The first-order valence-electron chi connectivity index (χ1n) is 11.7. The maximum atomic E-state index is 12.9. The van der Waals surface area contributed by atoms with Crippen LogP contribution in [0.2, 0.25) is 0 Å². The first-order valence-corrected chi connectivity index (χ1v) is 13.8. The van der Waals surface area contributed by atoms with E-state index in [1.165, 1.54) is 52.5 Å². The third kappa shape index (κ3) is 7.41. The minimum absolute atomic E-state index is 0. The van der Waals surface area contributed by atoms with Crippen molar-refractivity contribution in [1.29, 1.82) is 0 Å². The van der Waals surface area contributed by atoms with Crippen molar-refractivity contribution in [1.82, 2.24) is 30.4 Å². The molecule has 42 heavy (non-hydrogen) atoms. The third-order valence-electron chi connectivity index (χ3n) is 5.94. The molecule has 2 aliphatic heterocycles. The number of carbonyl (C=O) groups is 5. The van der Waals surface area contributed by atoms with Crippen LogP contribution in [0.15, 0.2) is 40.7 Å². The molecule has 1 aromatic heterocycles. The van der Waals surface area contributed by atoms with E-state index >= 15 is 0 Å². The standard InChI is InChI=1S/C22H24N8O9S2.Na.H/c1-29-21(26-27-28-29)41-8-10-7-40-18-13(17(33)30(18)14(10)20(36)37)25-16(32)15(31)9-2-4-11(5-3-9)24-22(38)39-6-12(23)19(34)35;;/h2-5,12-13,15,18,31H,6-8,23H2,1H3,(H,24,38)(H,25,32)(H,34,35)(H,36,37);;/t12-,13-,15-,18-;;/m1../s1. The summed E-state index contributed by atoms with van der Waals surface area (Å²) in [5.74, 6) is -3.56. The molecule has 0 radical (unpaired) electrons. The molecular weight excluding hydrogens is 607 g/mol. The molecule has 1 saturated heterocycles. The number of thioether (sulfide) groups is 2. The van der Waals surface area contributed by atoms with E-state index in [1.54, 1.807) is 7.05 Å². The van der Waals surface area contributed by atoms with Crippen LogP contribution in [-0.2, 0) is 31.0 Å². The Hall–Kier alpha value is -3.20. The van der Waals surface area contributed by atoms with Gasteiger partial charge in [0.25, 0.3) is 11.8 Å². The monoisotopic (exact) mass is 632 g/mol. The van der Waals surface area contributed by atoms with Crippen LogP contribution in [0.5, 0.6) is 0 Å². The average molecular weight is 633 g/mol. The number of carboxylic acid groups (broad SMARTS) is 2. The van der Waals surface area contributed by atoms with Crippen molar-refractivity contribution in [3.8, 4) is 0 Å². The van der Waals surface area contributed by atoms with E-state index in [2.05, 4.69) is 26.2 Å². The number of benzene rings is 1. The van der Waals surface area contributed by atoms with Crippen LogP contribution in [-0.4, -0.2) is 135 Å². The van der Waals surface area contributed by atoms with Crippen molar-refractivity contribution in [2.75, 3.05) is 23.4 Å². The number of aryl methyl sites for hydroxylation is 1. The number of hydrogen-bond donors (Lipinski definition) is 6. The van der Waals surface area contributed by atoms with Crippen LogP contribution < -0.4 is 16.4 Å². The molecular formula is C22H25N8NaO9S2. The van der Waals surface area contributed by atoms with Gasteiger partial charge >= 0.3 is 47.6 Å². The first-order chi connectivity index (χ1) is 19.5. The van der Waals surface area contributed by atoms with Gasteiger partial charge in [-0.2, -0.15) is 0 Å². The van der Waals surface area contributed by atoms with Gasteiger partial charge in [-0.25, -0.2) is 14.3 Å². The van der Waals surface area contributed by atoms with Gasteiger partial charge < -0.3 is 31.1 Å². The van der Waals surface area contributed by atoms with Crippen LogP contribution in [0, 0.1) is 0 Å². The number of anilines is 1. The van der Waals surface area contributed by atoms with Crippen molar-refractivity contribution in [2.45, 2.75) is 28.7 Å². The number of aliphatic carboxylic acids is 2. The normalized spacial score (nSPS) is 19.0. The number of rotatable bonds is 11. The molecule has 17 nitrogen and oxygen atoms in total. The Kier molecular flexibility index (Phi) is 11.4. The second-order valence-corrected chi connectivity index (χ2v) is 10.8. The molecule has 7 N–H and O–H groups in total. The quantitative estimate of drug-likeness (QED) is 0.0898. The van der Waals surface area contributed by atoms with E-state index in [9.17, 15) is 34.2 Å². The summed E-state index contributed by atoms with van der Waals surface area (Å²) in [6.45, 7) is -0.542. The first kappa shape index (κ1) is 33.3. The Balaban J connectivity index is 0.00000484. The summed E-state index contributed by atoms with van der Waals surface area (Å²) in [4.78, 5) is 61.3. The fourth-order valence-corrected chi connectivity index (χ4v) is 6.15. The summed E-state index contributed by atoms with van der Waals surface area (Å²) >= 11 is 2.51. The predicted molar refractivity (Wildman–Crippen MR) is 148 cm³/mol. The van der Waals surface area contributed by atoms with E-state index in [0.717, 1.165) is 4.90 Å². The van der Waals surface area contributed by atoms with Gasteiger partial charge in [0.15, 0.2) is 6.10 Å². The Labute approximate surface area is 267 Å². The molecule has 2 aromatic rings. The molecule has 4 rings (SSSR count). The fraction of sp³-hybridized carbons (Fsp3) is 0.364. The molecule has 2 aliphatic rings. The molecule has 3 amide bonds. The second kappa shape index (κ2) is 14.3. The van der Waals surface area contributed by atoms with E-state index in [1.807, 2.05) is 0 Å². The van der Waals surface area contributed by atoms with Crippen LogP contribution in [0.25, 0.3) is 0 Å². The van der Waals surface area contributed by atoms with Crippen LogP contribution in [0.4, 0.5) is 10.5 Å². The predicted octanol–water partition coefficient (Wildman–Crippen LogP) is -1.91. The minimum atomic E-state index is -1.67. The number of carbonyl (C=O) groups excluding carboxylic acids is 3. The number of tetrazole rings is 1. The summed E-state index contributed by atoms with van der Waals surface area (Å²) < 4.78 is 6.15. The van der Waals surface area contributed by atoms with Gasteiger partial charge in [0.05, 0.1) is 0 Å². The van der Waals surface area contributed by atoms with Crippen molar-refractivity contribution in [3.63, 3.8) is 0 Å². The summed E-state index contributed by atoms with van der Waals surface area (Å²) in [5.41, 5.74) is 6.00. The van der Waals surface area contributed by atoms with Gasteiger partial charge in [0, 0.05) is 24.2 Å². The van der Waals surface area contributed by atoms with Crippen molar-refractivity contribution >= 4 is 88.6 Å². The third-order valence-corrected chi connectivity index (χ3v) is 8.37. The van der Waals surface area contributed by atoms with Crippen molar-refractivity contribution < 1.29 is 44.0 Å². The number of ether oxygens (including phenoxy) is 1. The molecule has 1 fully saturated rings. The molecule has 20 heteroatoms. The van der Waals surface area contributed by atoms with E-state index < -0.39 is 60.0 Å². The van der Waals surface area contributed by atoms with Crippen LogP contribution in [0.1, 0.15) is 11.7 Å². The van der Waals surface area contributed by atoms with E-state index in [4.69, 9.17) is 15.6 Å². The zero-order valence-corrected chi connectivity index (χ0v) is 22.8. The Morgan fingerprint density at radius 2 is 1.93 bits per heavy atom. The summed E-state index contributed by atoms with van der Waals surface area (Å²) in [5, 5.41) is 44.8. The number of nitrogens with zero attached hydrogens (tertiary/aromatic N) is 5. The summed E-state index contributed by atoms with van der Waals surface area (Å²) in [6.07, 6.45) is -2.62. The molecule has 3 heterocycles. The Morgan fingerprint density at radius 3 is 2.52 bits per heavy atom. The van der Waals surface area contributed by atoms with Crippen LogP contribution in [0.3, 0.4) is 0 Å². The van der Waals surface area contributed by atoms with Crippen molar-refractivity contribution in [3.05, 3.63) is 41.1 Å². The molecule has 0 aliphatic carbocycles. The zero-order chi connectivity index (χ0) is 29.8. The number of aliphatic hydroxyl groups is 1. The van der Waals surface area contributed by atoms with Gasteiger partial charge in [-0.05, 0) is 33.7 Å². The topological polar surface area (TPSA) is 252 Å². The maximum absolute atomic E-state index is 12.9. The number of nitrogens with two attached hydrogens (primary N) is 1. The molecule has 0 unspecified atom stereocenters. The molecule has 4 atom stereocenters. The Bertz CT molecular complexity index is 1410. The van der Waals surface area contributed by atoms with Gasteiger partial charge in [-0.1, -0.05) is 23.9 Å². The molecule has 220 valence electrons. The van der Waals surface area contributed by atoms with Gasteiger partial charge in [-0.3, -0.25) is 24.6 Å². The van der Waals surface area contributed by atoms with Crippen LogP contribution >= 0.6 is 23.5 Å². The van der Waals surface area contributed by atoms with Gasteiger partial charge in [0.2, 0.25) is 5.16 Å². The SMILES string of the molecule is Cn1nnnc1SCC1=C(C(=O)O)N2C(=O)[C@@H](NC(=O)[C@H](O)c3ccc(NC(=O)OC[C@@H](N)C(=O)O)cc3)[C@H]2SC1.[NaH]. The number of carboxylic acids is 2. The molecule has 1 aromatic carbocycles. The molecule has 0 saturated carbocycles. The van der Waals surface area contributed by atoms with Crippen molar-refractivity contribution in [2.24, 2.45) is 12.8 Å². The number of β-lactam (4-membered cyclic amide) rings is 1. The molecule has 0 bridgehead atoms. The Morgan fingerprint density at radius 1 is 1.24 bits per heavy atom. The number of aliphatic hydroxyl groups excluding tert-OH is 1. The number of hydrogen-bond acceptors (Lipinski definition) is 13. The molecule has 0 spiro atoms. The van der Waals surface area contributed by atoms with Gasteiger partial charge in [-0.15, -0.1) is 16.9 Å².